The first-order valence-electron chi connectivity index (χ1n) is 6.92. The highest BCUT2D eigenvalue weighted by Gasteiger charge is 2.55. The van der Waals surface area contributed by atoms with Crippen molar-refractivity contribution in [3.05, 3.63) is 29.6 Å². The van der Waals surface area contributed by atoms with Crippen LogP contribution in [-0.2, 0) is 14.3 Å². The summed E-state index contributed by atoms with van der Waals surface area (Å²) in [5, 5.41) is 11.8. The maximum Gasteiger partial charge on any atom is 0.310 e. The van der Waals surface area contributed by atoms with Gasteiger partial charge in [-0.15, -0.1) is 0 Å². The highest BCUT2D eigenvalue weighted by molar-refractivity contribution is 5.96. The first-order chi connectivity index (χ1) is 9.97. The van der Waals surface area contributed by atoms with E-state index in [4.69, 9.17) is 4.74 Å². The first-order valence-corrected chi connectivity index (χ1v) is 6.92. The van der Waals surface area contributed by atoms with Crippen LogP contribution in [0.2, 0.25) is 0 Å². The summed E-state index contributed by atoms with van der Waals surface area (Å²) in [6.45, 7) is 1.79. The van der Waals surface area contributed by atoms with E-state index in [0.717, 1.165) is 5.56 Å². The zero-order chi connectivity index (χ0) is 15.1. The van der Waals surface area contributed by atoms with E-state index in [1.807, 2.05) is 0 Å². The molecule has 4 atom stereocenters. The van der Waals surface area contributed by atoms with Gasteiger partial charge in [0.25, 0.3) is 0 Å². The number of aryl methyl sites for hydroxylation is 1. The average molecular weight is 293 g/mol. The Morgan fingerprint density at radius 1 is 1.29 bits per heavy atom. The third-order valence-corrected chi connectivity index (χ3v) is 4.24. The molecule has 0 aliphatic carbocycles. The molecule has 1 amide bonds. The van der Waals surface area contributed by atoms with E-state index in [0.29, 0.717) is 12.8 Å². The van der Waals surface area contributed by atoms with Crippen LogP contribution < -0.4 is 5.32 Å². The quantitative estimate of drug-likeness (QED) is 0.893. The Morgan fingerprint density at radius 3 is 2.62 bits per heavy atom. The number of hydrogen-bond acceptors (Lipinski definition) is 3. The van der Waals surface area contributed by atoms with Crippen molar-refractivity contribution in [2.45, 2.75) is 32.0 Å². The number of carboxylic acids is 1. The minimum absolute atomic E-state index is 0.0758. The standard InChI is InChI=1S/C15H16FNO4/c1-7-2-3-8(16)9(6-7)17-14(18)12-10-4-5-11(21-10)13(12)15(19)20/h2-3,6,10-13H,4-5H2,1H3,(H,17,18)(H,19,20)/t10-,11+,12-,13-/m0/s1. The Kier molecular flexibility index (Phi) is 3.41. The van der Waals surface area contributed by atoms with Crippen molar-refractivity contribution < 1.29 is 23.8 Å². The van der Waals surface area contributed by atoms with Gasteiger partial charge in [-0.1, -0.05) is 6.07 Å². The van der Waals surface area contributed by atoms with Crippen molar-refractivity contribution in [1.29, 1.82) is 0 Å². The highest BCUT2D eigenvalue weighted by atomic mass is 19.1. The second kappa shape index (κ2) is 5.11. The summed E-state index contributed by atoms with van der Waals surface area (Å²) >= 11 is 0. The second-order valence-electron chi connectivity index (χ2n) is 5.65. The van der Waals surface area contributed by atoms with E-state index in [-0.39, 0.29) is 11.8 Å². The molecule has 21 heavy (non-hydrogen) atoms. The van der Waals surface area contributed by atoms with Crippen molar-refractivity contribution >= 4 is 17.6 Å². The molecule has 0 spiro atoms. The molecule has 2 fully saturated rings. The third-order valence-electron chi connectivity index (χ3n) is 4.24. The Bertz CT molecular complexity index is 603. The van der Waals surface area contributed by atoms with Crippen molar-refractivity contribution in [1.82, 2.24) is 0 Å². The number of rotatable bonds is 3. The molecule has 2 aliphatic rings. The molecule has 2 aliphatic heterocycles. The lowest BCUT2D eigenvalue weighted by Gasteiger charge is -2.24. The molecule has 5 nitrogen and oxygen atoms in total. The number of hydrogen-bond donors (Lipinski definition) is 2. The van der Waals surface area contributed by atoms with Crippen LogP contribution in [0.25, 0.3) is 0 Å². The van der Waals surface area contributed by atoms with Gasteiger partial charge in [-0.2, -0.15) is 0 Å². The van der Waals surface area contributed by atoms with E-state index >= 15 is 0 Å². The number of carbonyl (C=O) groups excluding carboxylic acids is 1. The van der Waals surface area contributed by atoms with Crippen LogP contribution in [0.15, 0.2) is 18.2 Å². The fourth-order valence-electron chi connectivity index (χ4n) is 3.28. The summed E-state index contributed by atoms with van der Waals surface area (Å²) in [7, 11) is 0. The maximum absolute atomic E-state index is 13.7. The van der Waals surface area contributed by atoms with Crippen LogP contribution >= 0.6 is 0 Å². The molecule has 0 aromatic heterocycles. The summed E-state index contributed by atoms with van der Waals surface area (Å²) in [5.41, 5.74) is 0.887. The minimum atomic E-state index is -1.04. The fourth-order valence-corrected chi connectivity index (χ4v) is 3.28. The van der Waals surface area contributed by atoms with Crippen LogP contribution in [0.1, 0.15) is 18.4 Å². The molecule has 2 saturated heterocycles. The lowest BCUT2D eigenvalue weighted by atomic mass is 9.78. The number of fused-ring (bicyclic) bond motifs is 2. The number of benzene rings is 1. The number of aliphatic carboxylic acids is 1. The number of halogens is 1. The van der Waals surface area contributed by atoms with Crippen LogP contribution in [0.5, 0.6) is 0 Å². The number of carbonyl (C=O) groups is 2. The largest absolute Gasteiger partial charge is 0.481 e. The zero-order valence-corrected chi connectivity index (χ0v) is 11.5. The van der Waals surface area contributed by atoms with Crippen LogP contribution in [0.3, 0.4) is 0 Å². The Balaban J connectivity index is 1.81. The summed E-state index contributed by atoms with van der Waals surface area (Å²) < 4.78 is 19.2. The van der Waals surface area contributed by atoms with Gasteiger partial charge in [0.15, 0.2) is 0 Å². The smallest absolute Gasteiger partial charge is 0.310 e. The molecular formula is C15H16FNO4. The molecule has 2 heterocycles. The zero-order valence-electron chi connectivity index (χ0n) is 11.5. The molecule has 3 rings (SSSR count). The fraction of sp³-hybridized carbons (Fsp3) is 0.467. The van der Waals surface area contributed by atoms with Gasteiger partial charge in [-0.3, -0.25) is 9.59 Å². The highest BCUT2D eigenvalue weighted by Crippen LogP contribution is 2.44. The van der Waals surface area contributed by atoms with Gasteiger partial charge in [0, 0.05) is 0 Å². The van der Waals surface area contributed by atoms with Gasteiger partial charge >= 0.3 is 5.97 Å². The topological polar surface area (TPSA) is 75.6 Å². The van der Waals surface area contributed by atoms with Gasteiger partial charge in [0.05, 0.1) is 29.7 Å². The lowest BCUT2D eigenvalue weighted by Crippen LogP contribution is -2.41. The Hall–Kier alpha value is -1.95. The predicted molar refractivity (Wildman–Crippen MR) is 72.3 cm³/mol. The predicted octanol–water partition coefficient (Wildman–Crippen LogP) is 1.95. The minimum Gasteiger partial charge on any atom is -0.481 e. The number of ether oxygens (including phenoxy) is 1. The second-order valence-corrected chi connectivity index (χ2v) is 5.65. The van der Waals surface area contributed by atoms with Gasteiger partial charge in [0.1, 0.15) is 5.82 Å². The number of carboxylic acid groups (broad SMARTS) is 1. The SMILES string of the molecule is Cc1ccc(F)c(NC(=O)[C@@H]2[C@@H](C(=O)O)[C@H]3CC[C@@H]2O3)c1. The van der Waals surface area contributed by atoms with Gasteiger partial charge in [-0.25, -0.2) is 4.39 Å². The molecule has 2 N–H and O–H groups in total. The van der Waals surface area contributed by atoms with Crippen LogP contribution in [0.4, 0.5) is 10.1 Å². The van der Waals surface area contributed by atoms with Gasteiger partial charge < -0.3 is 15.2 Å². The molecule has 112 valence electrons. The average Bonchev–Trinajstić information content (AvgIpc) is 3.03. The molecule has 2 bridgehead atoms. The monoisotopic (exact) mass is 293 g/mol. The molecule has 1 aromatic rings. The Morgan fingerprint density at radius 2 is 1.95 bits per heavy atom. The summed E-state index contributed by atoms with van der Waals surface area (Å²) in [5.74, 6) is -3.67. The van der Waals surface area contributed by atoms with E-state index in [2.05, 4.69) is 5.32 Å². The summed E-state index contributed by atoms with van der Waals surface area (Å²) in [6, 6.07) is 4.40. The van der Waals surface area contributed by atoms with Crippen LogP contribution in [-0.4, -0.2) is 29.2 Å². The van der Waals surface area contributed by atoms with Crippen molar-refractivity contribution in [3.63, 3.8) is 0 Å². The van der Waals surface area contributed by atoms with E-state index < -0.39 is 35.6 Å². The third kappa shape index (κ3) is 2.40. The van der Waals surface area contributed by atoms with Gasteiger partial charge in [-0.05, 0) is 37.5 Å². The van der Waals surface area contributed by atoms with Crippen LogP contribution in [0, 0.1) is 24.6 Å². The Labute approximate surface area is 121 Å². The number of amides is 1. The van der Waals surface area contributed by atoms with E-state index in [1.165, 1.54) is 12.1 Å². The van der Waals surface area contributed by atoms with Crippen molar-refractivity contribution in [2.24, 2.45) is 11.8 Å². The molecule has 0 radical (unpaired) electrons. The summed E-state index contributed by atoms with van der Waals surface area (Å²) in [4.78, 5) is 23.7. The van der Waals surface area contributed by atoms with E-state index in [1.54, 1.807) is 13.0 Å². The molecule has 0 saturated carbocycles. The van der Waals surface area contributed by atoms with Crippen molar-refractivity contribution in [2.75, 3.05) is 5.32 Å². The van der Waals surface area contributed by atoms with Crippen molar-refractivity contribution in [3.8, 4) is 0 Å². The molecule has 6 heteroatoms. The molecule has 1 aromatic carbocycles. The molecular weight excluding hydrogens is 277 g/mol. The number of anilines is 1. The normalized spacial score (nSPS) is 30.4. The van der Waals surface area contributed by atoms with Gasteiger partial charge in [0.2, 0.25) is 5.91 Å². The van der Waals surface area contributed by atoms with E-state index in [9.17, 15) is 19.1 Å². The number of nitrogens with one attached hydrogen (secondary N) is 1. The molecule has 0 unspecified atom stereocenters. The lowest BCUT2D eigenvalue weighted by molar-refractivity contribution is -0.147. The maximum atomic E-state index is 13.7. The first kappa shape index (κ1) is 14.0. The summed E-state index contributed by atoms with van der Waals surface area (Å²) in [6.07, 6.45) is 0.530.